The fourth-order valence-corrected chi connectivity index (χ4v) is 2.08. The molecule has 78 valence electrons. The van der Waals surface area contributed by atoms with Crippen LogP contribution in [0.25, 0.3) is 0 Å². The fraction of sp³-hybridized carbons (Fsp3) is 1.00. The van der Waals surface area contributed by atoms with E-state index in [4.69, 9.17) is 4.74 Å². The highest BCUT2D eigenvalue weighted by molar-refractivity contribution is 4.76. The molecule has 1 heterocycles. The Balaban J connectivity index is 2.48. The normalized spacial score (nSPS) is 38.3. The van der Waals surface area contributed by atoms with Crippen LogP contribution in [-0.2, 0) is 4.74 Å². The molecule has 2 unspecified atom stereocenters. The topological polar surface area (TPSA) is 12.5 Å². The molecule has 2 heteroatoms. The highest BCUT2D eigenvalue weighted by atomic mass is 16.5. The molecule has 0 aromatic rings. The van der Waals surface area contributed by atoms with Crippen LogP contribution in [0.4, 0.5) is 0 Å². The van der Waals surface area contributed by atoms with Gasteiger partial charge in [0.1, 0.15) is 0 Å². The fourth-order valence-electron chi connectivity index (χ4n) is 2.08. The van der Waals surface area contributed by atoms with Crippen LogP contribution in [0.15, 0.2) is 0 Å². The second kappa shape index (κ2) is 4.97. The molecule has 1 aliphatic heterocycles. The summed E-state index contributed by atoms with van der Waals surface area (Å²) < 4.78 is 5.44. The minimum Gasteiger partial charge on any atom is -0.381 e. The molecule has 1 saturated heterocycles. The second-order valence-electron chi connectivity index (χ2n) is 4.38. The molecule has 0 radical (unpaired) electrons. The lowest BCUT2D eigenvalue weighted by molar-refractivity contribution is 0.0489. The predicted octanol–water partition coefficient (Wildman–Crippen LogP) is 2.28. The Bertz CT molecular complexity index is 135. The summed E-state index contributed by atoms with van der Waals surface area (Å²) in [5, 5.41) is 0. The van der Waals surface area contributed by atoms with Gasteiger partial charge in [0.25, 0.3) is 0 Å². The monoisotopic (exact) mass is 185 g/mol. The van der Waals surface area contributed by atoms with Crippen molar-refractivity contribution in [3.63, 3.8) is 0 Å². The summed E-state index contributed by atoms with van der Waals surface area (Å²) in [5.74, 6) is 0. The van der Waals surface area contributed by atoms with Crippen molar-refractivity contribution in [3.8, 4) is 0 Å². The predicted molar refractivity (Wildman–Crippen MR) is 56.0 cm³/mol. The summed E-state index contributed by atoms with van der Waals surface area (Å²) in [7, 11) is 4.08. The lowest BCUT2D eigenvalue weighted by Crippen LogP contribution is -2.39. The standard InChI is InChI=1S/C11H23NO/c1-9-5-7-11(13-4)8-6-10(2)12(9)3/h9-11H,5-8H2,1-4H3. The molecule has 0 aromatic heterocycles. The van der Waals surface area contributed by atoms with Gasteiger partial charge in [-0.25, -0.2) is 0 Å². The molecule has 1 aliphatic rings. The molecule has 0 saturated carbocycles. The van der Waals surface area contributed by atoms with Gasteiger partial charge in [-0.05, 0) is 46.6 Å². The molecule has 2 nitrogen and oxygen atoms in total. The highest BCUT2D eigenvalue weighted by Gasteiger charge is 2.21. The van der Waals surface area contributed by atoms with Crippen molar-refractivity contribution in [2.45, 2.75) is 57.7 Å². The van der Waals surface area contributed by atoms with Crippen molar-refractivity contribution in [1.82, 2.24) is 4.90 Å². The average Bonchev–Trinajstić information content (AvgIpc) is 2.14. The first kappa shape index (κ1) is 11.0. The van der Waals surface area contributed by atoms with Crippen LogP contribution in [0.1, 0.15) is 39.5 Å². The first-order valence-corrected chi connectivity index (χ1v) is 5.40. The summed E-state index contributed by atoms with van der Waals surface area (Å²) in [6, 6.07) is 1.40. The van der Waals surface area contributed by atoms with Gasteiger partial charge in [-0.1, -0.05) is 0 Å². The number of methoxy groups -OCH3 is 1. The van der Waals surface area contributed by atoms with Gasteiger partial charge in [0.15, 0.2) is 0 Å². The first-order valence-electron chi connectivity index (χ1n) is 5.40. The van der Waals surface area contributed by atoms with Gasteiger partial charge < -0.3 is 9.64 Å². The van der Waals surface area contributed by atoms with Crippen LogP contribution in [0.5, 0.6) is 0 Å². The highest BCUT2D eigenvalue weighted by Crippen LogP contribution is 2.21. The summed E-state index contributed by atoms with van der Waals surface area (Å²) in [6.45, 7) is 4.63. The van der Waals surface area contributed by atoms with Crippen LogP contribution >= 0.6 is 0 Å². The van der Waals surface area contributed by atoms with E-state index in [1.54, 1.807) is 0 Å². The molecule has 1 rings (SSSR count). The van der Waals surface area contributed by atoms with E-state index in [-0.39, 0.29) is 0 Å². The summed E-state index contributed by atoms with van der Waals surface area (Å²) in [6.07, 6.45) is 5.46. The Morgan fingerprint density at radius 1 is 1.00 bits per heavy atom. The molecular weight excluding hydrogens is 162 g/mol. The van der Waals surface area contributed by atoms with Crippen molar-refractivity contribution in [2.75, 3.05) is 14.2 Å². The van der Waals surface area contributed by atoms with E-state index < -0.39 is 0 Å². The number of hydrogen-bond acceptors (Lipinski definition) is 2. The zero-order valence-corrected chi connectivity index (χ0v) is 9.42. The van der Waals surface area contributed by atoms with Gasteiger partial charge >= 0.3 is 0 Å². The van der Waals surface area contributed by atoms with E-state index in [9.17, 15) is 0 Å². The largest absolute Gasteiger partial charge is 0.381 e. The van der Waals surface area contributed by atoms with Crippen LogP contribution in [0.2, 0.25) is 0 Å². The Labute approximate surface area is 82.3 Å². The lowest BCUT2D eigenvalue weighted by atomic mass is 9.97. The van der Waals surface area contributed by atoms with Crippen LogP contribution in [0.3, 0.4) is 0 Å². The minimum absolute atomic E-state index is 0.499. The maximum absolute atomic E-state index is 5.44. The number of nitrogens with zero attached hydrogens (tertiary/aromatic N) is 1. The molecule has 0 amide bonds. The minimum atomic E-state index is 0.499. The van der Waals surface area contributed by atoms with Gasteiger partial charge in [-0.2, -0.15) is 0 Å². The van der Waals surface area contributed by atoms with Gasteiger partial charge in [0.2, 0.25) is 0 Å². The zero-order chi connectivity index (χ0) is 9.84. The molecule has 0 aromatic carbocycles. The van der Waals surface area contributed by atoms with Crippen molar-refractivity contribution in [1.29, 1.82) is 0 Å². The summed E-state index contributed by atoms with van der Waals surface area (Å²) in [4.78, 5) is 2.49. The third kappa shape index (κ3) is 2.96. The number of ether oxygens (including phenoxy) is 1. The number of hydrogen-bond donors (Lipinski definition) is 0. The van der Waals surface area contributed by atoms with E-state index in [1.807, 2.05) is 7.11 Å². The van der Waals surface area contributed by atoms with Crippen LogP contribution in [-0.4, -0.2) is 37.2 Å². The second-order valence-corrected chi connectivity index (χ2v) is 4.38. The molecule has 1 fully saturated rings. The Hall–Kier alpha value is -0.0800. The van der Waals surface area contributed by atoms with Crippen LogP contribution < -0.4 is 0 Å². The van der Waals surface area contributed by atoms with E-state index >= 15 is 0 Å². The van der Waals surface area contributed by atoms with Gasteiger partial charge in [0.05, 0.1) is 6.10 Å². The first-order chi connectivity index (χ1) is 6.15. The maximum Gasteiger partial charge on any atom is 0.0572 e. The maximum atomic E-state index is 5.44. The molecule has 13 heavy (non-hydrogen) atoms. The molecule has 0 spiro atoms. The molecule has 0 aliphatic carbocycles. The van der Waals surface area contributed by atoms with E-state index in [1.165, 1.54) is 25.7 Å². The molecular formula is C11H23NO. The molecule has 0 N–H and O–H groups in total. The van der Waals surface area contributed by atoms with Crippen molar-refractivity contribution in [2.24, 2.45) is 0 Å². The van der Waals surface area contributed by atoms with Gasteiger partial charge in [-0.15, -0.1) is 0 Å². The van der Waals surface area contributed by atoms with Crippen LogP contribution in [0, 0.1) is 0 Å². The Kier molecular flexibility index (Phi) is 4.20. The molecule has 0 bridgehead atoms. The summed E-state index contributed by atoms with van der Waals surface area (Å²) in [5.41, 5.74) is 0. The number of rotatable bonds is 1. The summed E-state index contributed by atoms with van der Waals surface area (Å²) >= 11 is 0. The molecule has 2 atom stereocenters. The smallest absolute Gasteiger partial charge is 0.0572 e. The van der Waals surface area contributed by atoms with Crippen molar-refractivity contribution in [3.05, 3.63) is 0 Å². The van der Waals surface area contributed by atoms with Crippen molar-refractivity contribution < 1.29 is 4.74 Å². The third-order valence-corrected chi connectivity index (χ3v) is 3.54. The van der Waals surface area contributed by atoms with E-state index in [2.05, 4.69) is 25.8 Å². The lowest BCUT2D eigenvalue weighted by Gasteiger charge is -2.35. The third-order valence-electron chi connectivity index (χ3n) is 3.54. The Morgan fingerprint density at radius 3 is 1.85 bits per heavy atom. The van der Waals surface area contributed by atoms with Crippen molar-refractivity contribution >= 4 is 0 Å². The zero-order valence-electron chi connectivity index (χ0n) is 9.42. The Morgan fingerprint density at radius 2 is 1.46 bits per heavy atom. The average molecular weight is 185 g/mol. The SMILES string of the molecule is COC1CCC(C)N(C)C(C)CC1. The van der Waals surface area contributed by atoms with E-state index in [0.717, 1.165) is 0 Å². The van der Waals surface area contributed by atoms with Gasteiger partial charge in [0, 0.05) is 19.2 Å². The quantitative estimate of drug-likeness (QED) is 0.621. The van der Waals surface area contributed by atoms with Gasteiger partial charge in [-0.3, -0.25) is 0 Å². The number of likely N-dealkylation sites (tertiary alicyclic amines) is 1. The van der Waals surface area contributed by atoms with E-state index in [0.29, 0.717) is 18.2 Å².